The van der Waals surface area contributed by atoms with Gasteiger partial charge in [-0.25, -0.2) is 4.98 Å². The van der Waals surface area contributed by atoms with Crippen molar-refractivity contribution in [3.63, 3.8) is 0 Å². The Morgan fingerprint density at radius 1 is 1.57 bits per heavy atom. The Balaban J connectivity index is 1.52. The van der Waals surface area contributed by atoms with Crippen molar-refractivity contribution < 1.29 is 9.53 Å². The fourth-order valence-corrected chi connectivity index (χ4v) is 3.38. The number of methoxy groups -OCH3 is 1. The van der Waals surface area contributed by atoms with Gasteiger partial charge in [0.05, 0.1) is 12.4 Å². The van der Waals surface area contributed by atoms with Crippen LogP contribution in [0.2, 0.25) is 0 Å². The zero-order valence-electron chi connectivity index (χ0n) is 13.0. The van der Waals surface area contributed by atoms with Crippen LogP contribution in [-0.4, -0.2) is 72.1 Å². The minimum Gasteiger partial charge on any atom is -0.380 e. The summed E-state index contributed by atoms with van der Waals surface area (Å²) >= 11 is 0. The molecule has 0 bridgehead atoms. The standard InChI is InChI=1S/C15H24N4O2/c1-18-8-11(21-3)4-10(18)7-19(2)15(20)13-5-12(13)14-6-16-9-17-14/h6,9-13H,4-5,7-8H2,1-3H3,(H,16,17)/t10-,11-,12+,13+/m0/s1. The van der Waals surface area contributed by atoms with E-state index in [0.29, 0.717) is 18.1 Å². The minimum absolute atomic E-state index is 0.125. The second-order valence-electron chi connectivity index (χ2n) is 6.36. The molecule has 0 spiro atoms. The van der Waals surface area contributed by atoms with E-state index < -0.39 is 0 Å². The molecule has 21 heavy (non-hydrogen) atoms. The molecule has 0 radical (unpaired) electrons. The van der Waals surface area contributed by atoms with Crippen molar-refractivity contribution in [3.05, 3.63) is 18.2 Å². The van der Waals surface area contributed by atoms with E-state index in [1.54, 1.807) is 13.4 Å². The second-order valence-corrected chi connectivity index (χ2v) is 6.36. The number of imidazole rings is 1. The van der Waals surface area contributed by atoms with Gasteiger partial charge in [-0.05, 0) is 19.9 Å². The molecule has 1 aromatic rings. The molecule has 3 rings (SSSR count). The molecular weight excluding hydrogens is 268 g/mol. The molecule has 0 unspecified atom stereocenters. The number of ether oxygens (including phenoxy) is 1. The number of nitrogens with zero attached hydrogens (tertiary/aromatic N) is 3. The maximum atomic E-state index is 12.5. The largest absolute Gasteiger partial charge is 0.380 e. The van der Waals surface area contributed by atoms with Crippen LogP contribution in [0.3, 0.4) is 0 Å². The lowest BCUT2D eigenvalue weighted by Crippen LogP contribution is -2.40. The number of aromatic amines is 1. The quantitative estimate of drug-likeness (QED) is 0.867. The third kappa shape index (κ3) is 2.96. The summed E-state index contributed by atoms with van der Waals surface area (Å²) < 4.78 is 5.42. The van der Waals surface area contributed by atoms with Crippen LogP contribution < -0.4 is 0 Å². The lowest BCUT2D eigenvalue weighted by atomic mass is 10.1. The molecule has 1 aliphatic heterocycles. The number of hydrogen-bond donors (Lipinski definition) is 1. The van der Waals surface area contributed by atoms with Crippen LogP contribution in [-0.2, 0) is 9.53 Å². The van der Waals surface area contributed by atoms with Crippen molar-refractivity contribution in [2.45, 2.75) is 30.9 Å². The molecule has 1 saturated heterocycles. The highest BCUT2D eigenvalue weighted by Crippen LogP contribution is 2.47. The summed E-state index contributed by atoms with van der Waals surface area (Å²) in [6.45, 7) is 1.73. The lowest BCUT2D eigenvalue weighted by Gasteiger charge is -2.25. The molecule has 2 heterocycles. The van der Waals surface area contributed by atoms with Crippen molar-refractivity contribution in [1.82, 2.24) is 19.8 Å². The Morgan fingerprint density at radius 3 is 3.00 bits per heavy atom. The molecule has 6 nitrogen and oxygen atoms in total. The normalized spacial score (nSPS) is 32.3. The first-order valence-electron chi connectivity index (χ1n) is 7.56. The van der Waals surface area contributed by atoms with E-state index in [1.807, 2.05) is 18.1 Å². The Labute approximate surface area is 125 Å². The van der Waals surface area contributed by atoms with Crippen molar-refractivity contribution in [2.24, 2.45) is 5.92 Å². The maximum Gasteiger partial charge on any atom is 0.226 e. The van der Waals surface area contributed by atoms with Gasteiger partial charge in [-0.3, -0.25) is 9.69 Å². The maximum absolute atomic E-state index is 12.5. The first kappa shape index (κ1) is 14.5. The van der Waals surface area contributed by atoms with Crippen molar-refractivity contribution in [2.75, 3.05) is 34.3 Å². The van der Waals surface area contributed by atoms with Gasteiger partial charge >= 0.3 is 0 Å². The van der Waals surface area contributed by atoms with Crippen LogP contribution >= 0.6 is 0 Å². The molecule has 116 valence electrons. The molecule has 2 fully saturated rings. The van der Waals surface area contributed by atoms with E-state index in [9.17, 15) is 4.79 Å². The predicted octanol–water partition coefficient (Wildman–Crippen LogP) is 0.691. The number of hydrogen-bond acceptors (Lipinski definition) is 4. The lowest BCUT2D eigenvalue weighted by molar-refractivity contribution is -0.131. The number of amides is 1. The molecule has 1 N–H and O–H groups in total. The first-order valence-corrected chi connectivity index (χ1v) is 7.56. The highest BCUT2D eigenvalue weighted by Gasteiger charge is 2.46. The van der Waals surface area contributed by atoms with Crippen LogP contribution in [0.1, 0.15) is 24.5 Å². The predicted molar refractivity (Wildman–Crippen MR) is 78.9 cm³/mol. The van der Waals surface area contributed by atoms with E-state index in [4.69, 9.17) is 4.74 Å². The van der Waals surface area contributed by atoms with Gasteiger partial charge in [0.2, 0.25) is 5.91 Å². The summed E-state index contributed by atoms with van der Waals surface area (Å²) in [5.74, 6) is 0.708. The zero-order valence-corrected chi connectivity index (χ0v) is 13.0. The Kier molecular flexibility index (Phi) is 3.99. The molecular formula is C15H24N4O2. The molecule has 0 aromatic carbocycles. The highest BCUT2D eigenvalue weighted by molar-refractivity contribution is 5.82. The second kappa shape index (κ2) is 5.77. The SMILES string of the molecule is CO[C@H]1C[C@@H](CN(C)C(=O)[C@@H]2C[C@H]2c2cnc[nH]2)N(C)C1. The van der Waals surface area contributed by atoms with Crippen molar-refractivity contribution in [1.29, 1.82) is 0 Å². The molecule has 1 aliphatic carbocycles. The fraction of sp³-hybridized carbons (Fsp3) is 0.733. The third-order valence-corrected chi connectivity index (χ3v) is 4.87. The van der Waals surface area contributed by atoms with Crippen LogP contribution in [0.25, 0.3) is 0 Å². The Morgan fingerprint density at radius 2 is 2.38 bits per heavy atom. The van der Waals surface area contributed by atoms with Crippen molar-refractivity contribution in [3.8, 4) is 0 Å². The summed E-state index contributed by atoms with van der Waals surface area (Å²) in [6.07, 6.45) is 5.73. The van der Waals surface area contributed by atoms with Crippen LogP contribution in [0.15, 0.2) is 12.5 Å². The number of nitrogens with one attached hydrogen (secondary N) is 1. The molecule has 2 aliphatic rings. The Hall–Kier alpha value is -1.40. The zero-order chi connectivity index (χ0) is 15.0. The Bertz CT molecular complexity index is 490. The monoisotopic (exact) mass is 292 g/mol. The fourth-order valence-electron chi connectivity index (χ4n) is 3.38. The van der Waals surface area contributed by atoms with E-state index in [1.165, 1.54) is 0 Å². The van der Waals surface area contributed by atoms with Gasteiger partial charge in [0.1, 0.15) is 0 Å². The number of carbonyl (C=O) groups is 1. The van der Waals surface area contributed by atoms with Crippen LogP contribution in [0.5, 0.6) is 0 Å². The number of likely N-dealkylation sites (tertiary alicyclic amines) is 1. The molecule has 6 heteroatoms. The molecule has 4 atom stereocenters. The summed E-state index contributed by atoms with van der Waals surface area (Å²) in [6, 6.07) is 0.397. The third-order valence-electron chi connectivity index (χ3n) is 4.87. The average molecular weight is 292 g/mol. The molecule has 1 saturated carbocycles. The number of H-pyrrole nitrogens is 1. The number of likely N-dealkylation sites (N-methyl/N-ethyl adjacent to an activating group) is 2. The van der Waals surface area contributed by atoms with Gasteiger partial charge in [0.15, 0.2) is 0 Å². The van der Waals surface area contributed by atoms with Gasteiger partial charge in [0, 0.05) is 57.0 Å². The van der Waals surface area contributed by atoms with Crippen LogP contribution in [0, 0.1) is 5.92 Å². The van der Waals surface area contributed by atoms with E-state index >= 15 is 0 Å². The molecule has 1 amide bonds. The summed E-state index contributed by atoms with van der Waals surface area (Å²) in [4.78, 5) is 23.8. The number of carbonyl (C=O) groups excluding carboxylic acids is 1. The summed E-state index contributed by atoms with van der Waals surface area (Å²) in [5, 5.41) is 0. The first-order chi connectivity index (χ1) is 10.1. The summed E-state index contributed by atoms with van der Waals surface area (Å²) in [5.41, 5.74) is 1.08. The van der Waals surface area contributed by atoms with Gasteiger partial charge in [-0.15, -0.1) is 0 Å². The topological polar surface area (TPSA) is 61.5 Å². The van der Waals surface area contributed by atoms with E-state index in [-0.39, 0.29) is 11.8 Å². The highest BCUT2D eigenvalue weighted by atomic mass is 16.5. The minimum atomic E-state index is 0.125. The van der Waals surface area contributed by atoms with Crippen LogP contribution in [0.4, 0.5) is 0 Å². The van der Waals surface area contributed by atoms with Gasteiger partial charge in [0.25, 0.3) is 0 Å². The van der Waals surface area contributed by atoms with E-state index in [0.717, 1.165) is 31.6 Å². The van der Waals surface area contributed by atoms with Gasteiger partial charge < -0.3 is 14.6 Å². The average Bonchev–Trinajstić information content (AvgIpc) is 2.92. The molecule has 1 aromatic heterocycles. The number of rotatable bonds is 5. The van der Waals surface area contributed by atoms with E-state index in [2.05, 4.69) is 21.9 Å². The smallest absolute Gasteiger partial charge is 0.226 e. The van der Waals surface area contributed by atoms with Crippen molar-refractivity contribution >= 4 is 5.91 Å². The van der Waals surface area contributed by atoms with Gasteiger partial charge in [-0.2, -0.15) is 0 Å². The number of aromatic nitrogens is 2. The van der Waals surface area contributed by atoms with Gasteiger partial charge in [-0.1, -0.05) is 0 Å². The summed E-state index contributed by atoms with van der Waals surface area (Å²) in [7, 11) is 5.78.